The van der Waals surface area contributed by atoms with Crippen molar-refractivity contribution in [3.05, 3.63) is 0 Å². The third-order valence-electron chi connectivity index (χ3n) is 6.56. The van der Waals surface area contributed by atoms with E-state index in [9.17, 15) is 5.11 Å². The molecule has 0 fully saturated rings. The summed E-state index contributed by atoms with van der Waals surface area (Å²) in [7, 11) is 0. The Morgan fingerprint density at radius 1 is 0.481 bits per heavy atom. The summed E-state index contributed by atoms with van der Waals surface area (Å²) in [6.45, 7) is 9.10. The summed E-state index contributed by atoms with van der Waals surface area (Å²) in [6.07, 6.45) is 25.0. The molecule has 0 bridgehead atoms. The van der Waals surface area contributed by atoms with E-state index in [2.05, 4.69) is 27.7 Å². The summed E-state index contributed by atoms with van der Waals surface area (Å²) in [5.41, 5.74) is 0.0952. The molecule has 0 saturated carbocycles. The minimum absolute atomic E-state index is 0.0952. The van der Waals surface area contributed by atoms with E-state index in [1.54, 1.807) is 0 Å². The average molecular weight is 382 g/mol. The predicted molar refractivity (Wildman–Crippen MR) is 122 cm³/mol. The van der Waals surface area contributed by atoms with Gasteiger partial charge in [-0.05, 0) is 31.1 Å². The van der Waals surface area contributed by atoms with Gasteiger partial charge in [-0.3, -0.25) is 0 Å². The first-order chi connectivity index (χ1) is 13.2. The number of hydrogen-bond donors (Lipinski definition) is 0. The van der Waals surface area contributed by atoms with Crippen molar-refractivity contribution in [3.8, 4) is 0 Å². The van der Waals surface area contributed by atoms with Crippen molar-refractivity contribution in [1.82, 2.24) is 0 Å². The molecule has 1 heteroatoms. The van der Waals surface area contributed by atoms with Crippen LogP contribution in [0.15, 0.2) is 0 Å². The fourth-order valence-electron chi connectivity index (χ4n) is 4.76. The fourth-order valence-corrected chi connectivity index (χ4v) is 4.76. The molecule has 0 aromatic heterocycles. The van der Waals surface area contributed by atoms with Crippen LogP contribution < -0.4 is 0 Å². The lowest BCUT2D eigenvalue weighted by Gasteiger charge is -2.38. The third-order valence-corrected chi connectivity index (χ3v) is 6.56. The molecule has 0 aliphatic carbocycles. The molecule has 0 aliphatic heterocycles. The number of unbranched alkanes of at least 4 members (excludes halogenated alkanes) is 12. The van der Waals surface area contributed by atoms with E-state index >= 15 is 0 Å². The molecular weight excluding hydrogens is 328 g/mol. The van der Waals surface area contributed by atoms with Gasteiger partial charge in [-0.1, -0.05) is 130 Å². The van der Waals surface area contributed by atoms with Crippen molar-refractivity contribution in [3.63, 3.8) is 0 Å². The summed E-state index contributed by atoms with van der Waals surface area (Å²) in [6, 6.07) is 0. The van der Waals surface area contributed by atoms with E-state index in [1.807, 2.05) is 0 Å². The first-order valence-corrected chi connectivity index (χ1v) is 12.8. The topological polar surface area (TPSA) is 19.9 Å². The molecule has 0 amide bonds. The molecule has 1 radical (unpaired) electrons. The van der Waals surface area contributed by atoms with E-state index in [-0.39, 0.29) is 11.5 Å². The fraction of sp³-hybridized carbons (Fsp3) is 1.00. The summed E-state index contributed by atoms with van der Waals surface area (Å²) in [4.78, 5) is 0. The Hall–Kier alpha value is -0.0400. The second kappa shape index (κ2) is 19.3. The molecule has 0 spiro atoms. The van der Waals surface area contributed by atoms with Gasteiger partial charge in [0.15, 0.2) is 0 Å². The van der Waals surface area contributed by atoms with E-state index < -0.39 is 0 Å². The van der Waals surface area contributed by atoms with Crippen LogP contribution in [-0.2, 0) is 5.11 Å². The normalized spacial score (nSPS) is 13.2. The first-order valence-electron chi connectivity index (χ1n) is 12.8. The molecule has 0 heterocycles. The highest BCUT2D eigenvalue weighted by atomic mass is 16.3. The maximum absolute atomic E-state index is 13.3. The van der Waals surface area contributed by atoms with Crippen LogP contribution in [0.25, 0.3) is 0 Å². The second-order valence-electron chi connectivity index (χ2n) is 9.13. The minimum Gasteiger partial charge on any atom is -0.233 e. The van der Waals surface area contributed by atoms with E-state index in [1.165, 1.54) is 109 Å². The van der Waals surface area contributed by atoms with Gasteiger partial charge in [0.25, 0.3) is 0 Å². The van der Waals surface area contributed by atoms with Crippen molar-refractivity contribution >= 4 is 0 Å². The van der Waals surface area contributed by atoms with Gasteiger partial charge < -0.3 is 0 Å². The Morgan fingerprint density at radius 2 is 0.889 bits per heavy atom. The Labute approximate surface area is 173 Å². The lowest BCUT2D eigenvalue weighted by molar-refractivity contribution is -0.0537. The highest BCUT2D eigenvalue weighted by Gasteiger charge is 2.36. The van der Waals surface area contributed by atoms with Gasteiger partial charge in [0.1, 0.15) is 0 Å². The van der Waals surface area contributed by atoms with E-state index in [0.29, 0.717) is 0 Å². The maximum atomic E-state index is 13.3. The molecule has 1 unspecified atom stereocenters. The Morgan fingerprint density at radius 3 is 1.33 bits per heavy atom. The van der Waals surface area contributed by atoms with Crippen molar-refractivity contribution in [2.75, 3.05) is 0 Å². The highest BCUT2D eigenvalue weighted by molar-refractivity contribution is 4.86. The lowest BCUT2D eigenvalue weighted by atomic mass is 9.69. The van der Waals surface area contributed by atoms with E-state index in [0.717, 1.165) is 19.3 Å². The van der Waals surface area contributed by atoms with E-state index in [4.69, 9.17) is 0 Å². The van der Waals surface area contributed by atoms with Gasteiger partial charge in [0, 0.05) is 0 Å². The Kier molecular flexibility index (Phi) is 19.3. The molecule has 163 valence electrons. The molecule has 0 saturated heterocycles. The molecule has 1 atom stereocenters. The van der Waals surface area contributed by atoms with Crippen LogP contribution in [0.3, 0.4) is 0 Å². The quantitative estimate of drug-likeness (QED) is 0.176. The standard InChI is InChI=1S/C26H53O/c1-5-9-12-14-16-19-23-26(22-8-4,25(27)21-18-11-7-3)24-20-17-15-13-10-6-2/h25H,5-24H2,1-4H3. The highest BCUT2D eigenvalue weighted by Crippen LogP contribution is 2.42. The number of hydrogen-bond acceptors (Lipinski definition) is 0. The van der Waals surface area contributed by atoms with Gasteiger partial charge in [0.2, 0.25) is 0 Å². The summed E-state index contributed by atoms with van der Waals surface area (Å²) >= 11 is 0. The van der Waals surface area contributed by atoms with Gasteiger partial charge in [-0.25, -0.2) is 5.11 Å². The summed E-state index contributed by atoms with van der Waals surface area (Å²) < 4.78 is 0. The lowest BCUT2D eigenvalue weighted by Crippen LogP contribution is -2.34. The molecule has 0 aromatic carbocycles. The zero-order chi connectivity index (χ0) is 20.2. The zero-order valence-corrected chi connectivity index (χ0v) is 19.6. The maximum Gasteiger partial charge on any atom is 0.0986 e. The van der Waals surface area contributed by atoms with Gasteiger partial charge in [-0.2, -0.15) is 0 Å². The van der Waals surface area contributed by atoms with Crippen molar-refractivity contribution < 1.29 is 5.11 Å². The van der Waals surface area contributed by atoms with Crippen LogP contribution in [0.4, 0.5) is 0 Å². The van der Waals surface area contributed by atoms with Gasteiger partial charge in [0.05, 0.1) is 6.10 Å². The van der Waals surface area contributed by atoms with Crippen LogP contribution in [0.1, 0.15) is 156 Å². The zero-order valence-electron chi connectivity index (χ0n) is 19.6. The molecule has 0 N–H and O–H groups in total. The van der Waals surface area contributed by atoms with Crippen LogP contribution in [0.2, 0.25) is 0 Å². The Bertz CT molecular complexity index is 270. The SMILES string of the molecule is CCCCCCCCC(CCC)(CCCCCCCC)C([O])CCCCC. The number of rotatable bonds is 21. The van der Waals surface area contributed by atoms with Crippen LogP contribution in [0.5, 0.6) is 0 Å². The molecule has 0 rings (SSSR count). The molecule has 27 heavy (non-hydrogen) atoms. The van der Waals surface area contributed by atoms with Crippen LogP contribution >= 0.6 is 0 Å². The van der Waals surface area contributed by atoms with Crippen LogP contribution in [-0.4, -0.2) is 6.10 Å². The van der Waals surface area contributed by atoms with Gasteiger partial charge in [-0.15, -0.1) is 0 Å². The molecular formula is C26H53O. The third kappa shape index (κ3) is 13.7. The second-order valence-corrected chi connectivity index (χ2v) is 9.13. The largest absolute Gasteiger partial charge is 0.233 e. The van der Waals surface area contributed by atoms with Crippen LogP contribution in [0, 0.1) is 5.41 Å². The monoisotopic (exact) mass is 381 g/mol. The Balaban J connectivity index is 4.61. The molecule has 0 aliphatic rings. The minimum atomic E-state index is -0.324. The van der Waals surface area contributed by atoms with Crippen molar-refractivity contribution in [2.45, 2.75) is 162 Å². The predicted octanol–water partition coefficient (Wildman–Crippen LogP) is 9.65. The summed E-state index contributed by atoms with van der Waals surface area (Å²) in [5, 5.41) is 13.3. The molecule has 1 nitrogen and oxygen atoms in total. The first kappa shape index (κ1) is 27.0. The molecule has 0 aromatic rings. The van der Waals surface area contributed by atoms with Gasteiger partial charge >= 0.3 is 0 Å². The van der Waals surface area contributed by atoms with Crippen molar-refractivity contribution in [2.24, 2.45) is 5.41 Å². The smallest absolute Gasteiger partial charge is 0.0986 e. The van der Waals surface area contributed by atoms with Crippen molar-refractivity contribution in [1.29, 1.82) is 0 Å². The average Bonchev–Trinajstić information content (AvgIpc) is 2.67. The summed E-state index contributed by atoms with van der Waals surface area (Å²) in [5.74, 6) is 0.